The molecule has 0 aromatic heterocycles. The number of hydrogen-bond acceptors (Lipinski definition) is 7. The zero-order valence-corrected chi connectivity index (χ0v) is 18.4. The van der Waals surface area contributed by atoms with Gasteiger partial charge in [0.25, 0.3) is 0 Å². The third-order valence-corrected chi connectivity index (χ3v) is 3.93. The summed E-state index contributed by atoms with van der Waals surface area (Å²) in [5, 5.41) is 8.44. The summed E-state index contributed by atoms with van der Waals surface area (Å²) < 4.78 is 64.8. The standard InChI is InChI=1S/C11H10F2O4.C10H7F2NO2.ClH/c1-16-10(14)4-6-3-8(12)9(13)5-7(6)11(15)17-2;1-15-10(14)7-5-9(12)8(11)4-6(7)2-3-13;/h3,5H,4H2,1-2H3;4-5H,2H2,1H3;1H. The molecular formula is C21H18ClF4NO6. The molecular weight excluding hydrogens is 474 g/mol. The highest BCUT2D eigenvalue weighted by Crippen LogP contribution is 2.18. The van der Waals surface area contributed by atoms with E-state index >= 15 is 0 Å². The minimum atomic E-state index is -1.18. The lowest BCUT2D eigenvalue weighted by Gasteiger charge is -2.07. The Morgan fingerprint density at radius 1 is 0.758 bits per heavy atom. The van der Waals surface area contributed by atoms with Gasteiger partial charge in [-0.3, -0.25) is 4.79 Å². The SMILES string of the molecule is COC(=O)Cc1cc(F)c(F)cc1C(=O)OC.COC(=O)c1cc(F)c(F)cc1CC#N.Cl. The van der Waals surface area contributed by atoms with Crippen LogP contribution in [0.25, 0.3) is 0 Å². The number of methoxy groups -OCH3 is 3. The Morgan fingerprint density at radius 2 is 1.15 bits per heavy atom. The molecule has 0 aliphatic heterocycles. The van der Waals surface area contributed by atoms with Crippen molar-refractivity contribution in [2.45, 2.75) is 12.8 Å². The van der Waals surface area contributed by atoms with Crippen molar-refractivity contribution in [3.05, 3.63) is 69.8 Å². The molecule has 0 amide bonds. The highest BCUT2D eigenvalue weighted by atomic mass is 35.5. The predicted octanol–water partition coefficient (Wildman–Crippen LogP) is 3.71. The first-order valence-corrected chi connectivity index (χ1v) is 8.65. The van der Waals surface area contributed by atoms with Gasteiger partial charge in [-0.05, 0) is 35.4 Å². The fraction of sp³-hybridized carbons (Fsp3) is 0.238. The van der Waals surface area contributed by atoms with E-state index in [1.807, 2.05) is 0 Å². The van der Waals surface area contributed by atoms with Crippen LogP contribution < -0.4 is 0 Å². The van der Waals surface area contributed by atoms with Crippen molar-refractivity contribution >= 4 is 30.3 Å². The first-order valence-electron chi connectivity index (χ1n) is 8.65. The maximum atomic E-state index is 13.0. The third kappa shape index (κ3) is 8.08. The van der Waals surface area contributed by atoms with E-state index in [4.69, 9.17) is 5.26 Å². The highest BCUT2D eigenvalue weighted by Gasteiger charge is 2.19. The summed E-state index contributed by atoms with van der Waals surface area (Å²) in [4.78, 5) is 33.5. The van der Waals surface area contributed by atoms with Crippen LogP contribution in [-0.2, 0) is 31.8 Å². The maximum absolute atomic E-state index is 13.0. The van der Waals surface area contributed by atoms with Crippen LogP contribution in [-0.4, -0.2) is 39.2 Å². The molecule has 178 valence electrons. The van der Waals surface area contributed by atoms with Crippen molar-refractivity contribution in [2.75, 3.05) is 21.3 Å². The van der Waals surface area contributed by atoms with E-state index in [9.17, 15) is 31.9 Å². The summed E-state index contributed by atoms with van der Waals surface area (Å²) in [5.41, 5.74) is -0.194. The van der Waals surface area contributed by atoms with Crippen LogP contribution in [0.15, 0.2) is 24.3 Å². The second kappa shape index (κ2) is 13.7. The number of rotatable bonds is 5. The number of nitrogens with zero attached hydrogens (tertiary/aromatic N) is 1. The molecule has 0 saturated heterocycles. The molecule has 0 heterocycles. The number of carbonyl (C=O) groups is 3. The Balaban J connectivity index is 0.000000607. The van der Waals surface area contributed by atoms with E-state index in [0.717, 1.165) is 39.5 Å². The van der Waals surface area contributed by atoms with E-state index in [0.29, 0.717) is 6.07 Å². The topological polar surface area (TPSA) is 103 Å². The minimum absolute atomic E-state index is 0. The summed E-state index contributed by atoms with van der Waals surface area (Å²) >= 11 is 0. The second-order valence-corrected chi connectivity index (χ2v) is 5.92. The normalized spacial score (nSPS) is 9.39. The zero-order valence-electron chi connectivity index (χ0n) is 17.5. The predicted molar refractivity (Wildman–Crippen MR) is 108 cm³/mol. The van der Waals surface area contributed by atoms with Gasteiger partial charge in [-0.15, -0.1) is 12.4 Å². The number of ether oxygens (including phenoxy) is 3. The number of esters is 3. The van der Waals surface area contributed by atoms with E-state index in [-0.39, 0.29) is 47.5 Å². The molecule has 0 aliphatic rings. The Morgan fingerprint density at radius 3 is 1.55 bits per heavy atom. The Labute approximate surface area is 192 Å². The Kier molecular flexibility index (Phi) is 12.2. The van der Waals surface area contributed by atoms with E-state index in [1.165, 1.54) is 0 Å². The fourth-order valence-electron chi connectivity index (χ4n) is 2.38. The van der Waals surface area contributed by atoms with Crippen molar-refractivity contribution < 1.29 is 46.2 Å². The monoisotopic (exact) mass is 491 g/mol. The first kappa shape index (κ1) is 29.4. The van der Waals surface area contributed by atoms with Crippen LogP contribution in [0.5, 0.6) is 0 Å². The molecule has 33 heavy (non-hydrogen) atoms. The molecule has 7 nitrogen and oxygen atoms in total. The number of carbonyl (C=O) groups excluding carboxylic acids is 3. The van der Waals surface area contributed by atoms with Crippen LogP contribution >= 0.6 is 12.4 Å². The van der Waals surface area contributed by atoms with Crippen molar-refractivity contribution in [1.29, 1.82) is 5.26 Å². The third-order valence-electron chi connectivity index (χ3n) is 3.93. The number of nitriles is 1. The molecule has 12 heteroatoms. The van der Waals surface area contributed by atoms with Crippen LogP contribution in [0.1, 0.15) is 31.8 Å². The number of hydrogen-bond donors (Lipinski definition) is 0. The van der Waals surface area contributed by atoms with Crippen molar-refractivity contribution in [3.63, 3.8) is 0 Å². The minimum Gasteiger partial charge on any atom is -0.469 e. The lowest BCUT2D eigenvalue weighted by molar-refractivity contribution is -0.139. The van der Waals surface area contributed by atoms with E-state index in [1.54, 1.807) is 6.07 Å². The fourth-order valence-corrected chi connectivity index (χ4v) is 2.38. The molecule has 0 spiro atoms. The van der Waals surface area contributed by atoms with Gasteiger partial charge >= 0.3 is 17.9 Å². The molecule has 2 aromatic carbocycles. The average Bonchev–Trinajstić information content (AvgIpc) is 2.77. The summed E-state index contributed by atoms with van der Waals surface area (Å²) in [6.07, 6.45) is -0.514. The van der Waals surface area contributed by atoms with Gasteiger partial charge in [-0.1, -0.05) is 0 Å². The molecule has 0 bridgehead atoms. The molecule has 2 aromatic rings. The van der Waals surface area contributed by atoms with Crippen LogP contribution in [0, 0.1) is 34.6 Å². The summed E-state index contributed by atoms with van der Waals surface area (Å²) in [7, 11) is 3.38. The number of benzene rings is 2. The first-order chi connectivity index (χ1) is 15.1. The highest BCUT2D eigenvalue weighted by molar-refractivity contribution is 5.92. The molecule has 0 unspecified atom stereocenters. The van der Waals surface area contributed by atoms with E-state index in [2.05, 4.69) is 14.2 Å². The van der Waals surface area contributed by atoms with Crippen LogP contribution in [0.3, 0.4) is 0 Å². The Hall–Kier alpha value is -3.65. The quantitative estimate of drug-likeness (QED) is 0.357. The maximum Gasteiger partial charge on any atom is 0.338 e. The largest absolute Gasteiger partial charge is 0.469 e. The zero-order chi connectivity index (χ0) is 24.4. The van der Waals surface area contributed by atoms with Gasteiger partial charge in [0, 0.05) is 0 Å². The summed E-state index contributed by atoms with van der Waals surface area (Å²) in [6, 6.07) is 4.78. The van der Waals surface area contributed by atoms with Crippen LogP contribution in [0.4, 0.5) is 17.6 Å². The van der Waals surface area contributed by atoms with Crippen molar-refractivity contribution in [2.24, 2.45) is 0 Å². The van der Waals surface area contributed by atoms with Crippen molar-refractivity contribution in [1.82, 2.24) is 0 Å². The van der Waals surface area contributed by atoms with Gasteiger partial charge < -0.3 is 14.2 Å². The molecule has 0 fully saturated rings. The van der Waals surface area contributed by atoms with Gasteiger partial charge in [-0.25, -0.2) is 27.2 Å². The molecule has 0 atom stereocenters. The molecule has 2 rings (SSSR count). The second-order valence-electron chi connectivity index (χ2n) is 5.92. The molecule has 0 radical (unpaired) electrons. The van der Waals surface area contributed by atoms with Gasteiger partial charge in [0.05, 0.1) is 51.4 Å². The average molecular weight is 492 g/mol. The molecule has 0 saturated carbocycles. The molecule has 0 aliphatic carbocycles. The lowest BCUT2D eigenvalue weighted by Crippen LogP contribution is -2.12. The van der Waals surface area contributed by atoms with E-state index < -0.39 is 41.2 Å². The lowest BCUT2D eigenvalue weighted by atomic mass is 10.0. The Bertz CT molecular complexity index is 1070. The van der Waals surface area contributed by atoms with Gasteiger partial charge in [0.15, 0.2) is 23.3 Å². The van der Waals surface area contributed by atoms with Gasteiger partial charge in [0.1, 0.15) is 0 Å². The smallest absolute Gasteiger partial charge is 0.338 e. The van der Waals surface area contributed by atoms with Gasteiger partial charge in [-0.2, -0.15) is 5.26 Å². The van der Waals surface area contributed by atoms with Gasteiger partial charge in [0.2, 0.25) is 0 Å². The summed E-state index contributed by atoms with van der Waals surface area (Å²) in [5.74, 6) is -6.86. The van der Waals surface area contributed by atoms with Crippen molar-refractivity contribution in [3.8, 4) is 6.07 Å². The number of halogens is 5. The van der Waals surface area contributed by atoms with Crippen LogP contribution in [0.2, 0.25) is 0 Å². The molecule has 0 N–H and O–H groups in total. The summed E-state index contributed by atoms with van der Waals surface area (Å²) in [6.45, 7) is 0.